The first-order chi connectivity index (χ1) is 17.2. The zero-order valence-electron chi connectivity index (χ0n) is 19.0. The lowest BCUT2D eigenvalue weighted by Crippen LogP contribution is -2.30. The van der Waals surface area contributed by atoms with E-state index in [9.17, 15) is 0 Å². The van der Waals surface area contributed by atoms with Crippen LogP contribution in [0.3, 0.4) is 0 Å². The number of anilines is 1. The minimum Gasteiger partial charge on any atom is -0.490 e. The molecule has 1 aliphatic rings. The van der Waals surface area contributed by atoms with Crippen molar-refractivity contribution >= 4 is 34.6 Å². The van der Waals surface area contributed by atoms with E-state index in [1.54, 1.807) is 25.7 Å². The minimum atomic E-state index is -0.183. The predicted molar refractivity (Wildman–Crippen MR) is 140 cm³/mol. The standard InChI is InChI=1S/C26H24ClN5O2S/c1-33-15-16-34-23-8-7-19(17-20(23)27)32-25(24(30-26(32)35)21-5-2-3-11-29-21)22-6-4-14-31(22)18-9-12-28-13-10-18/h2-14,17,24-25H,15-16H2,1H3,(H,30,35)/t24-,25-/m1/s1. The summed E-state index contributed by atoms with van der Waals surface area (Å²) in [5.74, 6) is 0.600. The third-order valence-electron chi connectivity index (χ3n) is 5.86. The van der Waals surface area contributed by atoms with Gasteiger partial charge < -0.3 is 24.3 Å². The Morgan fingerprint density at radius 3 is 2.60 bits per heavy atom. The monoisotopic (exact) mass is 505 g/mol. The topological polar surface area (TPSA) is 64.4 Å². The molecule has 0 aliphatic carbocycles. The van der Waals surface area contributed by atoms with Crippen LogP contribution < -0.4 is 15.0 Å². The fourth-order valence-corrected chi connectivity index (χ4v) is 4.88. The van der Waals surface area contributed by atoms with E-state index in [2.05, 4.69) is 30.8 Å². The molecule has 2 atom stereocenters. The number of aromatic nitrogens is 3. The molecule has 7 nitrogen and oxygen atoms in total. The van der Waals surface area contributed by atoms with E-state index in [4.69, 9.17) is 33.3 Å². The zero-order chi connectivity index (χ0) is 24.2. The highest BCUT2D eigenvalue weighted by Crippen LogP contribution is 2.43. The molecular weight excluding hydrogens is 482 g/mol. The van der Waals surface area contributed by atoms with Gasteiger partial charge >= 0.3 is 0 Å². The highest BCUT2D eigenvalue weighted by atomic mass is 35.5. The van der Waals surface area contributed by atoms with Crippen molar-refractivity contribution in [3.05, 3.63) is 102 Å². The van der Waals surface area contributed by atoms with Crippen molar-refractivity contribution in [3.63, 3.8) is 0 Å². The van der Waals surface area contributed by atoms with Crippen LogP contribution in [0.1, 0.15) is 23.5 Å². The molecule has 5 rings (SSSR count). The molecule has 35 heavy (non-hydrogen) atoms. The molecule has 178 valence electrons. The predicted octanol–water partition coefficient (Wildman–Crippen LogP) is 5.12. The van der Waals surface area contributed by atoms with E-state index in [0.717, 1.165) is 22.8 Å². The number of hydrogen-bond acceptors (Lipinski definition) is 5. The molecule has 0 spiro atoms. The Bertz CT molecular complexity index is 1300. The molecule has 0 bridgehead atoms. The molecular formula is C26H24ClN5O2S. The van der Waals surface area contributed by atoms with Gasteiger partial charge in [0.15, 0.2) is 5.11 Å². The van der Waals surface area contributed by atoms with Gasteiger partial charge in [0.1, 0.15) is 18.4 Å². The average Bonchev–Trinajstić information content (AvgIpc) is 3.50. The van der Waals surface area contributed by atoms with Crippen LogP contribution in [-0.4, -0.2) is 40.0 Å². The maximum absolute atomic E-state index is 6.61. The Morgan fingerprint density at radius 1 is 1.00 bits per heavy atom. The number of rotatable bonds is 8. The van der Waals surface area contributed by atoms with Crippen LogP contribution in [-0.2, 0) is 4.74 Å². The van der Waals surface area contributed by atoms with Crippen LogP contribution >= 0.6 is 23.8 Å². The smallest absolute Gasteiger partial charge is 0.174 e. The number of ether oxygens (including phenoxy) is 2. The highest BCUT2D eigenvalue weighted by Gasteiger charge is 2.42. The summed E-state index contributed by atoms with van der Waals surface area (Å²) in [5.41, 5.74) is 3.82. The van der Waals surface area contributed by atoms with E-state index in [0.29, 0.717) is 29.1 Å². The summed E-state index contributed by atoms with van der Waals surface area (Å²) in [7, 11) is 1.63. The quantitative estimate of drug-likeness (QED) is 0.263. The van der Waals surface area contributed by atoms with Gasteiger partial charge in [0, 0.05) is 49.0 Å². The fraction of sp³-hybridized carbons (Fsp3) is 0.192. The third-order valence-corrected chi connectivity index (χ3v) is 6.47. The van der Waals surface area contributed by atoms with Crippen molar-refractivity contribution in [2.24, 2.45) is 0 Å². The molecule has 1 N–H and O–H groups in total. The van der Waals surface area contributed by atoms with Gasteiger partial charge in [0.25, 0.3) is 0 Å². The number of halogens is 1. The summed E-state index contributed by atoms with van der Waals surface area (Å²) < 4.78 is 13.0. The van der Waals surface area contributed by atoms with E-state index in [1.807, 2.05) is 60.8 Å². The number of benzene rings is 1. The first-order valence-corrected chi connectivity index (χ1v) is 12.0. The lowest BCUT2D eigenvalue weighted by atomic mass is 10.0. The molecule has 4 aromatic rings. The molecule has 3 aromatic heterocycles. The van der Waals surface area contributed by atoms with E-state index >= 15 is 0 Å². The lowest BCUT2D eigenvalue weighted by molar-refractivity contribution is 0.146. The Balaban J connectivity index is 1.58. The number of hydrogen-bond donors (Lipinski definition) is 1. The summed E-state index contributed by atoms with van der Waals surface area (Å²) in [6, 6.07) is 19.4. The molecule has 1 fully saturated rings. The second-order valence-electron chi connectivity index (χ2n) is 7.96. The number of methoxy groups -OCH3 is 1. The van der Waals surface area contributed by atoms with E-state index in [-0.39, 0.29) is 12.1 Å². The summed E-state index contributed by atoms with van der Waals surface area (Å²) in [5, 5.41) is 4.59. The summed E-state index contributed by atoms with van der Waals surface area (Å²) >= 11 is 12.5. The molecule has 0 radical (unpaired) electrons. The number of nitrogens with zero attached hydrogens (tertiary/aromatic N) is 4. The van der Waals surface area contributed by atoms with E-state index < -0.39 is 0 Å². The molecule has 1 saturated heterocycles. The lowest BCUT2D eigenvalue weighted by Gasteiger charge is -2.29. The van der Waals surface area contributed by atoms with Gasteiger partial charge in [-0.15, -0.1) is 0 Å². The third kappa shape index (κ3) is 4.73. The molecule has 0 saturated carbocycles. The summed E-state index contributed by atoms with van der Waals surface area (Å²) in [6.45, 7) is 0.904. The summed E-state index contributed by atoms with van der Waals surface area (Å²) in [4.78, 5) is 10.9. The number of thiocarbonyl (C=S) groups is 1. The highest BCUT2D eigenvalue weighted by molar-refractivity contribution is 7.80. The molecule has 1 aliphatic heterocycles. The fourth-order valence-electron chi connectivity index (χ4n) is 4.30. The van der Waals surface area contributed by atoms with Crippen LogP contribution in [0.4, 0.5) is 5.69 Å². The SMILES string of the molecule is COCCOc1ccc(N2C(=S)N[C@H](c3ccccn3)[C@H]2c2cccn2-c2ccncc2)cc1Cl. The Hall–Kier alpha value is -3.46. The maximum atomic E-state index is 6.61. The molecule has 4 heterocycles. The Kier molecular flexibility index (Phi) is 6.94. The first kappa shape index (κ1) is 23.3. The normalized spacial score (nSPS) is 17.4. The van der Waals surface area contributed by atoms with Gasteiger partial charge in [-0.25, -0.2) is 0 Å². The van der Waals surface area contributed by atoms with Crippen molar-refractivity contribution in [1.82, 2.24) is 19.9 Å². The van der Waals surface area contributed by atoms with Crippen molar-refractivity contribution < 1.29 is 9.47 Å². The first-order valence-electron chi connectivity index (χ1n) is 11.2. The maximum Gasteiger partial charge on any atom is 0.174 e. The van der Waals surface area contributed by atoms with Gasteiger partial charge in [-0.05, 0) is 66.8 Å². The van der Waals surface area contributed by atoms with Gasteiger partial charge in [-0.3, -0.25) is 9.97 Å². The van der Waals surface area contributed by atoms with Gasteiger partial charge in [-0.2, -0.15) is 0 Å². The zero-order valence-corrected chi connectivity index (χ0v) is 20.6. The van der Waals surface area contributed by atoms with Crippen LogP contribution in [0, 0.1) is 0 Å². The largest absolute Gasteiger partial charge is 0.490 e. The van der Waals surface area contributed by atoms with Crippen LogP contribution in [0.2, 0.25) is 5.02 Å². The minimum absolute atomic E-state index is 0.171. The number of pyridine rings is 2. The molecule has 0 amide bonds. The van der Waals surface area contributed by atoms with Crippen molar-refractivity contribution in [2.45, 2.75) is 12.1 Å². The second kappa shape index (κ2) is 10.4. The number of nitrogens with one attached hydrogen (secondary N) is 1. The van der Waals surface area contributed by atoms with Gasteiger partial charge in [0.2, 0.25) is 0 Å². The van der Waals surface area contributed by atoms with Gasteiger partial charge in [0.05, 0.1) is 23.4 Å². The second-order valence-corrected chi connectivity index (χ2v) is 8.75. The van der Waals surface area contributed by atoms with Crippen molar-refractivity contribution in [2.75, 3.05) is 25.2 Å². The molecule has 9 heteroatoms. The Morgan fingerprint density at radius 2 is 1.86 bits per heavy atom. The van der Waals surface area contributed by atoms with E-state index in [1.165, 1.54) is 0 Å². The molecule has 0 unspecified atom stereocenters. The van der Waals surface area contributed by atoms with Gasteiger partial charge in [-0.1, -0.05) is 17.7 Å². The molecule has 1 aromatic carbocycles. The van der Waals surface area contributed by atoms with Crippen LogP contribution in [0.15, 0.2) is 85.5 Å². The van der Waals surface area contributed by atoms with Crippen LogP contribution in [0.5, 0.6) is 5.75 Å². The average molecular weight is 506 g/mol. The van der Waals surface area contributed by atoms with Crippen LogP contribution in [0.25, 0.3) is 5.69 Å². The Labute approximate surface area is 214 Å². The summed E-state index contributed by atoms with van der Waals surface area (Å²) in [6.07, 6.45) is 7.41. The van der Waals surface area contributed by atoms with Crippen molar-refractivity contribution in [3.8, 4) is 11.4 Å². The van der Waals surface area contributed by atoms with Crippen molar-refractivity contribution in [1.29, 1.82) is 0 Å².